The molecule has 192 valence electrons. The van der Waals surface area contributed by atoms with Gasteiger partial charge in [-0.3, -0.25) is 23.9 Å². The Morgan fingerprint density at radius 1 is 0.838 bits per heavy atom. The number of fused-ring (bicyclic) bond motifs is 1. The van der Waals surface area contributed by atoms with Gasteiger partial charge in [-0.15, -0.1) is 0 Å². The van der Waals surface area contributed by atoms with Crippen molar-refractivity contribution in [1.82, 2.24) is 19.4 Å². The Kier molecular flexibility index (Phi) is 6.73. The highest BCUT2D eigenvalue weighted by atomic mass is 19.1. The predicted octanol–water partition coefficient (Wildman–Crippen LogP) is 2.34. The maximum absolute atomic E-state index is 14.7. The largest absolute Gasteiger partial charge is 0.335 e. The number of carbonyl (C=O) groups is 2. The van der Waals surface area contributed by atoms with Gasteiger partial charge in [0.05, 0.1) is 12.1 Å². The molecule has 1 aliphatic heterocycles. The van der Waals surface area contributed by atoms with Crippen LogP contribution in [0.1, 0.15) is 50.4 Å². The lowest BCUT2D eigenvalue weighted by atomic mass is 9.96. The van der Waals surface area contributed by atoms with Crippen molar-refractivity contribution in [2.45, 2.75) is 32.2 Å². The summed E-state index contributed by atoms with van der Waals surface area (Å²) in [6.07, 6.45) is 2.97. The van der Waals surface area contributed by atoms with Crippen molar-refractivity contribution in [3.8, 4) is 0 Å². The van der Waals surface area contributed by atoms with Crippen LogP contribution in [0.15, 0.2) is 52.1 Å². The van der Waals surface area contributed by atoms with Crippen LogP contribution in [0.4, 0.5) is 8.78 Å². The van der Waals surface area contributed by atoms with Crippen LogP contribution in [0.3, 0.4) is 0 Å². The molecule has 8 nitrogen and oxygen atoms in total. The van der Waals surface area contributed by atoms with Crippen molar-refractivity contribution >= 4 is 11.8 Å². The molecular weight excluding hydrogens is 482 g/mol. The lowest BCUT2D eigenvalue weighted by Gasteiger charge is -2.35. The van der Waals surface area contributed by atoms with Gasteiger partial charge in [-0.05, 0) is 67.6 Å². The van der Waals surface area contributed by atoms with Gasteiger partial charge in [-0.2, -0.15) is 0 Å². The van der Waals surface area contributed by atoms with E-state index in [1.54, 1.807) is 4.90 Å². The Balaban J connectivity index is 1.31. The van der Waals surface area contributed by atoms with Crippen LogP contribution >= 0.6 is 0 Å². The summed E-state index contributed by atoms with van der Waals surface area (Å²) in [5.41, 5.74) is 1.24. The van der Waals surface area contributed by atoms with Crippen LogP contribution in [-0.4, -0.2) is 57.3 Å². The molecule has 2 heterocycles. The van der Waals surface area contributed by atoms with Gasteiger partial charge >= 0.3 is 5.69 Å². The van der Waals surface area contributed by atoms with Gasteiger partial charge in [-0.25, -0.2) is 13.6 Å². The molecule has 5 rings (SSSR count). The molecule has 2 aromatic carbocycles. The molecule has 10 heteroatoms. The van der Waals surface area contributed by atoms with Gasteiger partial charge in [0.1, 0.15) is 11.6 Å². The summed E-state index contributed by atoms with van der Waals surface area (Å²) >= 11 is 0. The van der Waals surface area contributed by atoms with E-state index in [0.717, 1.165) is 12.8 Å². The van der Waals surface area contributed by atoms with Gasteiger partial charge < -0.3 is 9.80 Å². The van der Waals surface area contributed by atoms with Crippen LogP contribution in [0, 0.1) is 11.6 Å². The highest BCUT2D eigenvalue weighted by Gasteiger charge is 2.27. The number of hydrogen-bond donors (Lipinski definition) is 1. The fourth-order valence-electron chi connectivity index (χ4n) is 5.04. The minimum Gasteiger partial charge on any atom is -0.335 e. The molecule has 2 amide bonds. The van der Waals surface area contributed by atoms with Crippen molar-refractivity contribution in [3.05, 3.63) is 103 Å². The van der Waals surface area contributed by atoms with Crippen LogP contribution < -0.4 is 11.2 Å². The lowest BCUT2D eigenvalue weighted by Crippen LogP contribution is -2.50. The molecule has 0 unspecified atom stereocenters. The number of aromatic nitrogens is 2. The maximum Gasteiger partial charge on any atom is 0.328 e. The van der Waals surface area contributed by atoms with E-state index in [4.69, 9.17) is 0 Å². The molecule has 0 bridgehead atoms. The number of halogens is 2. The van der Waals surface area contributed by atoms with E-state index < -0.39 is 23.2 Å². The molecule has 0 saturated carbocycles. The number of aromatic amines is 1. The predicted molar refractivity (Wildman–Crippen MR) is 132 cm³/mol. The summed E-state index contributed by atoms with van der Waals surface area (Å²) in [7, 11) is 0. The number of H-pyrrole nitrogens is 1. The Hall–Kier alpha value is -4.08. The molecule has 2 aliphatic rings. The van der Waals surface area contributed by atoms with Gasteiger partial charge in [0, 0.05) is 43.0 Å². The van der Waals surface area contributed by atoms with Crippen LogP contribution in [0.5, 0.6) is 0 Å². The van der Waals surface area contributed by atoms with Gasteiger partial charge in [0.2, 0.25) is 0 Å². The van der Waals surface area contributed by atoms with Crippen molar-refractivity contribution < 1.29 is 18.4 Å². The Bertz CT molecular complexity index is 1470. The number of carbonyl (C=O) groups excluding carboxylic acids is 2. The van der Waals surface area contributed by atoms with Gasteiger partial charge in [-0.1, -0.05) is 6.07 Å². The zero-order valence-corrected chi connectivity index (χ0v) is 20.1. The third-order valence-corrected chi connectivity index (χ3v) is 7.05. The van der Waals surface area contributed by atoms with Crippen molar-refractivity contribution in [1.29, 1.82) is 0 Å². The highest BCUT2D eigenvalue weighted by molar-refractivity contribution is 5.96. The first-order valence-corrected chi connectivity index (χ1v) is 12.3. The second-order valence-corrected chi connectivity index (χ2v) is 9.38. The zero-order chi connectivity index (χ0) is 26.1. The monoisotopic (exact) mass is 508 g/mol. The molecule has 0 radical (unpaired) electrons. The molecule has 1 fully saturated rings. The van der Waals surface area contributed by atoms with E-state index in [1.165, 1.54) is 51.9 Å². The Labute approximate surface area is 211 Å². The molecule has 0 spiro atoms. The summed E-state index contributed by atoms with van der Waals surface area (Å²) in [6, 6.07) is 9.46. The van der Waals surface area contributed by atoms with Crippen molar-refractivity contribution in [2.24, 2.45) is 0 Å². The summed E-state index contributed by atoms with van der Waals surface area (Å²) in [6.45, 7) is 1.09. The molecule has 3 aromatic rings. The van der Waals surface area contributed by atoms with Gasteiger partial charge in [0.25, 0.3) is 17.4 Å². The Morgan fingerprint density at radius 2 is 1.49 bits per heavy atom. The SMILES string of the molecule is O=C(c1ccc(F)cc1)N1CCN(C(=O)c2cc(Cn3c4c(c(=O)[nH]c3=O)CCCC4)ccc2F)CC1. The molecule has 1 N–H and O–H groups in total. The topological polar surface area (TPSA) is 95.5 Å². The number of piperazine rings is 1. The standard InChI is InChI=1S/C27H26F2N4O4/c28-19-8-6-18(7-9-19)25(35)31-11-13-32(14-12-31)26(36)21-15-17(5-10-22(21)29)16-33-23-4-2-1-3-20(23)24(34)30-27(33)37/h5-10,15H,1-4,11-14,16H2,(H,30,34,37). The highest BCUT2D eigenvalue weighted by Crippen LogP contribution is 2.20. The summed E-state index contributed by atoms with van der Waals surface area (Å²) in [5.74, 6) is -1.85. The number of benzene rings is 2. The fourth-order valence-corrected chi connectivity index (χ4v) is 5.04. The second kappa shape index (κ2) is 10.1. The molecule has 0 atom stereocenters. The molecule has 1 saturated heterocycles. The smallest absolute Gasteiger partial charge is 0.328 e. The molecular formula is C27H26F2N4O4. The molecule has 1 aliphatic carbocycles. The second-order valence-electron chi connectivity index (χ2n) is 9.38. The minimum absolute atomic E-state index is 0.109. The first-order valence-electron chi connectivity index (χ1n) is 12.3. The van der Waals surface area contributed by atoms with E-state index in [0.29, 0.717) is 35.2 Å². The van der Waals surface area contributed by atoms with E-state index in [1.807, 2.05) is 0 Å². The number of nitrogens with zero attached hydrogens (tertiary/aromatic N) is 3. The van der Waals surface area contributed by atoms with E-state index >= 15 is 0 Å². The Morgan fingerprint density at radius 3 is 2.19 bits per heavy atom. The van der Waals surface area contributed by atoms with Crippen molar-refractivity contribution in [3.63, 3.8) is 0 Å². The first kappa shape index (κ1) is 24.6. The normalized spacial score (nSPS) is 15.4. The third kappa shape index (κ3) is 4.96. The van der Waals surface area contributed by atoms with E-state index in [9.17, 15) is 28.0 Å². The average Bonchev–Trinajstić information content (AvgIpc) is 2.91. The lowest BCUT2D eigenvalue weighted by molar-refractivity contribution is 0.0532. The van der Waals surface area contributed by atoms with E-state index in [2.05, 4.69) is 4.98 Å². The van der Waals surface area contributed by atoms with Crippen LogP contribution in [0.2, 0.25) is 0 Å². The van der Waals surface area contributed by atoms with Crippen LogP contribution in [-0.2, 0) is 19.4 Å². The van der Waals surface area contributed by atoms with E-state index in [-0.39, 0.29) is 49.8 Å². The fraction of sp³-hybridized carbons (Fsp3) is 0.333. The number of amides is 2. The minimum atomic E-state index is -0.672. The third-order valence-electron chi connectivity index (χ3n) is 7.05. The quantitative estimate of drug-likeness (QED) is 0.585. The molecule has 1 aromatic heterocycles. The summed E-state index contributed by atoms with van der Waals surface area (Å²) in [4.78, 5) is 56.1. The number of nitrogens with one attached hydrogen (secondary N) is 1. The molecule has 37 heavy (non-hydrogen) atoms. The summed E-state index contributed by atoms with van der Waals surface area (Å²) in [5, 5.41) is 0. The summed E-state index contributed by atoms with van der Waals surface area (Å²) < 4.78 is 29.4. The zero-order valence-electron chi connectivity index (χ0n) is 20.1. The number of hydrogen-bond acceptors (Lipinski definition) is 4. The first-order chi connectivity index (χ1) is 17.8. The van der Waals surface area contributed by atoms with Crippen LogP contribution in [0.25, 0.3) is 0 Å². The van der Waals surface area contributed by atoms with Crippen molar-refractivity contribution in [2.75, 3.05) is 26.2 Å². The maximum atomic E-state index is 14.7. The number of rotatable bonds is 4. The van der Waals surface area contributed by atoms with Gasteiger partial charge in [0.15, 0.2) is 0 Å². The average molecular weight is 509 g/mol.